The highest BCUT2D eigenvalue weighted by Gasteiger charge is 2.13. The number of nitrogens with one attached hydrogen (secondary N) is 1. The van der Waals surface area contributed by atoms with Gasteiger partial charge in [0.15, 0.2) is 0 Å². The van der Waals surface area contributed by atoms with Gasteiger partial charge in [-0.05, 0) is 19.1 Å². The first-order valence-electron chi connectivity index (χ1n) is 5.58. The van der Waals surface area contributed by atoms with Gasteiger partial charge in [0.25, 0.3) is 0 Å². The van der Waals surface area contributed by atoms with Crippen LogP contribution >= 0.6 is 0 Å². The average Bonchev–Trinajstić information content (AvgIpc) is 2.37. The van der Waals surface area contributed by atoms with Crippen molar-refractivity contribution in [2.24, 2.45) is 5.73 Å². The Kier molecular flexibility index (Phi) is 5.80. The summed E-state index contributed by atoms with van der Waals surface area (Å²) in [5.41, 5.74) is 6.02. The fraction of sp³-hybridized carbons (Fsp3) is 0.417. The molecule has 0 radical (unpaired) electrons. The maximum atomic E-state index is 11.7. The molecular formula is C12H18N2O3S. The quantitative estimate of drug-likeness (QED) is 0.798. The summed E-state index contributed by atoms with van der Waals surface area (Å²) in [7, 11) is 0.311. The Bertz CT molecular complexity index is 437. The summed E-state index contributed by atoms with van der Waals surface area (Å²) < 4.78 is 16.7. The third kappa shape index (κ3) is 4.46. The van der Waals surface area contributed by atoms with Crippen LogP contribution in [-0.2, 0) is 15.6 Å². The number of benzene rings is 1. The van der Waals surface area contributed by atoms with Gasteiger partial charge in [-0.1, -0.05) is 6.07 Å². The molecule has 1 aromatic rings. The molecule has 0 saturated heterocycles. The van der Waals surface area contributed by atoms with Crippen molar-refractivity contribution in [3.05, 3.63) is 24.3 Å². The zero-order valence-corrected chi connectivity index (χ0v) is 11.3. The van der Waals surface area contributed by atoms with Crippen LogP contribution < -0.4 is 15.8 Å². The van der Waals surface area contributed by atoms with Crippen molar-refractivity contribution in [1.29, 1.82) is 0 Å². The lowest BCUT2D eigenvalue weighted by atomic mass is 10.3. The van der Waals surface area contributed by atoms with Crippen LogP contribution in [0.5, 0.6) is 5.75 Å². The van der Waals surface area contributed by atoms with Gasteiger partial charge in [0, 0.05) is 34.3 Å². The van der Waals surface area contributed by atoms with Crippen molar-refractivity contribution in [3.8, 4) is 5.75 Å². The minimum atomic E-state index is -1.24. The number of amides is 1. The minimum absolute atomic E-state index is 0.0461. The largest absolute Gasteiger partial charge is 0.497 e. The normalized spacial score (nSPS) is 13.7. The maximum Gasteiger partial charge on any atom is 0.237 e. The molecule has 0 heterocycles. The lowest BCUT2D eigenvalue weighted by Crippen LogP contribution is -2.29. The third-order valence-corrected chi connectivity index (χ3v) is 4.04. The Balaban J connectivity index is 2.56. The Morgan fingerprint density at radius 2 is 2.28 bits per heavy atom. The van der Waals surface area contributed by atoms with E-state index in [9.17, 15) is 9.00 Å². The second-order valence-electron chi connectivity index (χ2n) is 3.85. The van der Waals surface area contributed by atoms with Crippen LogP contribution in [0.15, 0.2) is 24.3 Å². The summed E-state index contributed by atoms with van der Waals surface area (Å²) in [6.07, 6.45) is 0. The van der Waals surface area contributed by atoms with E-state index < -0.39 is 10.8 Å². The van der Waals surface area contributed by atoms with Crippen LogP contribution in [-0.4, -0.2) is 34.8 Å². The molecule has 1 aromatic carbocycles. The average molecular weight is 270 g/mol. The van der Waals surface area contributed by atoms with E-state index in [0.29, 0.717) is 18.0 Å². The van der Waals surface area contributed by atoms with Gasteiger partial charge in [-0.25, -0.2) is 0 Å². The molecule has 0 spiro atoms. The fourth-order valence-corrected chi connectivity index (χ4v) is 2.11. The first kappa shape index (κ1) is 14.7. The Morgan fingerprint density at radius 1 is 1.56 bits per heavy atom. The van der Waals surface area contributed by atoms with Crippen LogP contribution in [0.2, 0.25) is 0 Å². The molecule has 100 valence electrons. The number of carbonyl (C=O) groups is 1. The van der Waals surface area contributed by atoms with E-state index in [0.717, 1.165) is 0 Å². The zero-order valence-electron chi connectivity index (χ0n) is 10.5. The third-order valence-electron chi connectivity index (χ3n) is 2.41. The van der Waals surface area contributed by atoms with Crippen molar-refractivity contribution in [1.82, 2.24) is 0 Å². The van der Waals surface area contributed by atoms with Crippen molar-refractivity contribution in [2.45, 2.75) is 12.2 Å². The van der Waals surface area contributed by atoms with E-state index in [-0.39, 0.29) is 16.9 Å². The molecule has 1 amide bonds. The molecule has 5 nitrogen and oxygen atoms in total. The predicted molar refractivity (Wildman–Crippen MR) is 73.1 cm³/mol. The first-order chi connectivity index (χ1) is 8.56. The van der Waals surface area contributed by atoms with Crippen LogP contribution in [0.4, 0.5) is 5.69 Å². The van der Waals surface area contributed by atoms with Crippen LogP contribution in [0, 0.1) is 0 Å². The van der Waals surface area contributed by atoms with Crippen LogP contribution in [0.3, 0.4) is 0 Å². The molecule has 0 saturated carbocycles. The van der Waals surface area contributed by atoms with Gasteiger partial charge in [-0.2, -0.15) is 0 Å². The van der Waals surface area contributed by atoms with Crippen molar-refractivity contribution >= 4 is 22.4 Å². The van der Waals surface area contributed by atoms with Crippen molar-refractivity contribution in [3.63, 3.8) is 0 Å². The number of hydrogen-bond donors (Lipinski definition) is 2. The molecule has 2 unspecified atom stereocenters. The number of ether oxygens (including phenoxy) is 1. The standard InChI is InChI=1S/C12H18N2O3S/c1-9(7-13)18(16)8-12(15)14-10-4-3-5-11(6-10)17-2/h3-6,9H,7-8,13H2,1-2H3,(H,14,15). The first-order valence-corrected chi connectivity index (χ1v) is 6.96. The van der Waals surface area contributed by atoms with Crippen LogP contribution in [0.25, 0.3) is 0 Å². The van der Waals surface area contributed by atoms with Crippen molar-refractivity contribution < 1.29 is 13.7 Å². The number of rotatable bonds is 6. The highest BCUT2D eigenvalue weighted by atomic mass is 32.2. The smallest absolute Gasteiger partial charge is 0.237 e. The highest BCUT2D eigenvalue weighted by Crippen LogP contribution is 2.16. The monoisotopic (exact) mass is 270 g/mol. The van der Waals surface area contributed by atoms with Gasteiger partial charge in [0.05, 0.1) is 7.11 Å². The lowest BCUT2D eigenvalue weighted by Gasteiger charge is -2.09. The summed E-state index contributed by atoms with van der Waals surface area (Å²) in [5.74, 6) is 0.321. The molecule has 0 aromatic heterocycles. The molecule has 1 rings (SSSR count). The second kappa shape index (κ2) is 7.13. The molecular weight excluding hydrogens is 252 g/mol. The molecule has 0 aliphatic rings. The number of methoxy groups -OCH3 is 1. The lowest BCUT2D eigenvalue weighted by molar-refractivity contribution is -0.113. The molecule has 0 fully saturated rings. The molecule has 6 heteroatoms. The predicted octanol–water partition coefficient (Wildman–Crippen LogP) is 0.730. The molecule has 2 atom stereocenters. The summed E-state index contributed by atoms with van der Waals surface area (Å²) in [4.78, 5) is 11.7. The van der Waals surface area contributed by atoms with Gasteiger partial charge in [-0.3, -0.25) is 9.00 Å². The van der Waals surface area contributed by atoms with E-state index in [4.69, 9.17) is 10.5 Å². The summed E-state index contributed by atoms with van der Waals surface area (Å²) in [6.45, 7) is 2.06. The fourth-order valence-electron chi connectivity index (χ4n) is 1.28. The Hall–Kier alpha value is -1.40. The van der Waals surface area contributed by atoms with Gasteiger partial charge >= 0.3 is 0 Å². The zero-order chi connectivity index (χ0) is 13.5. The van der Waals surface area contributed by atoms with E-state index in [1.807, 2.05) is 0 Å². The van der Waals surface area contributed by atoms with Gasteiger partial charge in [-0.15, -0.1) is 0 Å². The summed E-state index contributed by atoms with van der Waals surface area (Å²) >= 11 is 0. The summed E-state index contributed by atoms with van der Waals surface area (Å²) in [6, 6.07) is 7.00. The maximum absolute atomic E-state index is 11.7. The molecule has 0 aliphatic heterocycles. The van der Waals surface area contributed by atoms with Crippen LogP contribution in [0.1, 0.15) is 6.92 Å². The SMILES string of the molecule is COc1cccc(NC(=O)CS(=O)C(C)CN)c1. The number of nitrogens with two attached hydrogens (primary N) is 1. The second-order valence-corrected chi connectivity index (χ2v) is 5.71. The van der Waals surface area contributed by atoms with Crippen molar-refractivity contribution in [2.75, 3.05) is 24.7 Å². The Labute approximate surface area is 109 Å². The highest BCUT2D eigenvalue weighted by molar-refractivity contribution is 7.86. The number of anilines is 1. The van der Waals surface area contributed by atoms with E-state index in [2.05, 4.69) is 5.32 Å². The summed E-state index contributed by atoms with van der Waals surface area (Å²) in [5, 5.41) is 2.49. The van der Waals surface area contributed by atoms with Gasteiger partial charge < -0.3 is 15.8 Å². The van der Waals surface area contributed by atoms with E-state index in [1.54, 1.807) is 38.3 Å². The Morgan fingerprint density at radius 3 is 2.89 bits per heavy atom. The molecule has 3 N–H and O–H groups in total. The molecule has 0 bridgehead atoms. The van der Waals surface area contributed by atoms with E-state index in [1.165, 1.54) is 0 Å². The minimum Gasteiger partial charge on any atom is -0.497 e. The number of carbonyl (C=O) groups excluding carboxylic acids is 1. The number of hydrogen-bond acceptors (Lipinski definition) is 4. The topological polar surface area (TPSA) is 81.4 Å². The molecule has 0 aliphatic carbocycles. The van der Waals surface area contributed by atoms with Gasteiger partial charge in [0.1, 0.15) is 11.5 Å². The van der Waals surface area contributed by atoms with E-state index >= 15 is 0 Å². The van der Waals surface area contributed by atoms with Gasteiger partial charge in [0.2, 0.25) is 5.91 Å². The molecule has 18 heavy (non-hydrogen) atoms.